The average Bonchev–Trinajstić information content (AvgIpc) is 2.47. The van der Waals surface area contributed by atoms with Crippen LogP contribution in [0.2, 0.25) is 0 Å². The summed E-state index contributed by atoms with van der Waals surface area (Å²) in [5.74, 6) is 0.389. The highest BCUT2D eigenvalue weighted by Crippen LogP contribution is 2.13. The molecule has 0 unspecified atom stereocenters. The summed E-state index contributed by atoms with van der Waals surface area (Å²) in [6, 6.07) is 5.04. The summed E-state index contributed by atoms with van der Waals surface area (Å²) >= 11 is 0. The number of nitrogens with zero attached hydrogens (tertiary/aromatic N) is 3. The number of hydrogen-bond donors (Lipinski definition) is 3. The molecule has 0 saturated carbocycles. The number of benzene rings is 1. The van der Waals surface area contributed by atoms with Crippen molar-refractivity contribution in [2.75, 3.05) is 11.1 Å². The van der Waals surface area contributed by atoms with Crippen LogP contribution in [0.1, 0.15) is 11.4 Å². The SMILES string of the molecule is Cc1cnc(CNc2nc3ccc(N)cc3c(=O)[nH]2)cn1. The molecule has 2 aromatic heterocycles. The first-order valence-corrected chi connectivity index (χ1v) is 6.43. The first-order chi connectivity index (χ1) is 10.1. The molecule has 4 N–H and O–H groups in total. The van der Waals surface area contributed by atoms with E-state index in [1.165, 1.54) is 0 Å². The summed E-state index contributed by atoms with van der Waals surface area (Å²) in [4.78, 5) is 27.4. The van der Waals surface area contributed by atoms with E-state index in [2.05, 4.69) is 25.3 Å². The van der Waals surface area contributed by atoms with Crippen LogP contribution in [-0.2, 0) is 6.54 Å². The fourth-order valence-electron chi connectivity index (χ4n) is 1.92. The fraction of sp³-hybridized carbons (Fsp3) is 0.143. The highest BCUT2D eigenvalue weighted by atomic mass is 16.1. The van der Waals surface area contributed by atoms with Crippen molar-refractivity contribution in [1.82, 2.24) is 19.9 Å². The van der Waals surface area contributed by atoms with Crippen molar-refractivity contribution in [2.24, 2.45) is 0 Å². The molecule has 3 aromatic rings. The third-order valence-corrected chi connectivity index (χ3v) is 3.00. The normalized spacial score (nSPS) is 10.7. The molecule has 7 heteroatoms. The Labute approximate surface area is 120 Å². The molecule has 0 aliphatic carbocycles. The van der Waals surface area contributed by atoms with Gasteiger partial charge in [0, 0.05) is 11.9 Å². The Balaban J connectivity index is 1.86. The fourth-order valence-corrected chi connectivity index (χ4v) is 1.92. The average molecular weight is 282 g/mol. The van der Waals surface area contributed by atoms with Crippen LogP contribution in [0.25, 0.3) is 10.9 Å². The monoisotopic (exact) mass is 282 g/mol. The molecule has 1 aromatic carbocycles. The van der Waals surface area contributed by atoms with Crippen molar-refractivity contribution < 1.29 is 0 Å². The first kappa shape index (κ1) is 13.0. The van der Waals surface area contributed by atoms with E-state index in [1.807, 2.05) is 6.92 Å². The van der Waals surface area contributed by atoms with Gasteiger partial charge in [-0.1, -0.05) is 0 Å². The van der Waals surface area contributed by atoms with E-state index in [-0.39, 0.29) is 5.56 Å². The lowest BCUT2D eigenvalue weighted by atomic mass is 10.2. The predicted molar refractivity (Wildman–Crippen MR) is 80.9 cm³/mol. The highest BCUT2D eigenvalue weighted by molar-refractivity contribution is 5.81. The lowest BCUT2D eigenvalue weighted by Gasteiger charge is -2.06. The lowest BCUT2D eigenvalue weighted by molar-refractivity contribution is 0.963. The van der Waals surface area contributed by atoms with E-state index >= 15 is 0 Å². The molecule has 106 valence electrons. The van der Waals surface area contributed by atoms with E-state index < -0.39 is 0 Å². The second-order valence-corrected chi connectivity index (χ2v) is 4.69. The minimum absolute atomic E-state index is 0.232. The second-order valence-electron chi connectivity index (χ2n) is 4.69. The number of aryl methyl sites for hydroxylation is 1. The number of nitrogens with two attached hydrogens (primary N) is 1. The van der Waals surface area contributed by atoms with Gasteiger partial charge in [-0.3, -0.25) is 19.7 Å². The largest absolute Gasteiger partial charge is 0.399 e. The molecule has 0 radical (unpaired) electrons. The van der Waals surface area contributed by atoms with Gasteiger partial charge in [-0.25, -0.2) is 4.98 Å². The van der Waals surface area contributed by atoms with E-state index in [0.29, 0.717) is 29.1 Å². The highest BCUT2D eigenvalue weighted by Gasteiger charge is 2.04. The number of H-pyrrole nitrogens is 1. The Morgan fingerprint density at radius 2 is 2.14 bits per heavy atom. The van der Waals surface area contributed by atoms with Crippen LogP contribution in [0.4, 0.5) is 11.6 Å². The zero-order valence-corrected chi connectivity index (χ0v) is 11.4. The van der Waals surface area contributed by atoms with E-state index in [1.54, 1.807) is 30.6 Å². The van der Waals surface area contributed by atoms with Gasteiger partial charge in [-0.2, -0.15) is 0 Å². The molecule has 0 bridgehead atoms. The summed E-state index contributed by atoms with van der Waals surface area (Å²) < 4.78 is 0. The third kappa shape index (κ3) is 2.81. The molecule has 0 saturated heterocycles. The van der Waals surface area contributed by atoms with Crippen molar-refractivity contribution in [3.63, 3.8) is 0 Å². The molecule has 0 amide bonds. The molecule has 0 aliphatic rings. The maximum Gasteiger partial charge on any atom is 0.260 e. The van der Waals surface area contributed by atoms with Gasteiger partial charge in [0.1, 0.15) is 0 Å². The Morgan fingerprint density at radius 1 is 1.29 bits per heavy atom. The minimum Gasteiger partial charge on any atom is -0.399 e. The van der Waals surface area contributed by atoms with E-state index in [9.17, 15) is 4.79 Å². The molecule has 2 heterocycles. The van der Waals surface area contributed by atoms with Crippen LogP contribution >= 0.6 is 0 Å². The molecule has 21 heavy (non-hydrogen) atoms. The Bertz CT molecular complexity index is 840. The predicted octanol–water partition coefficient (Wildman–Crippen LogP) is 1.22. The van der Waals surface area contributed by atoms with E-state index in [4.69, 9.17) is 5.73 Å². The Hall–Kier alpha value is -2.96. The summed E-state index contributed by atoms with van der Waals surface area (Å²) in [5.41, 5.74) is 8.18. The smallest absolute Gasteiger partial charge is 0.260 e. The molecule has 3 rings (SSSR count). The molecule has 0 aliphatic heterocycles. The van der Waals surface area contributed by atoms with Gasteiger partial charge in [0.05, 0.1) is 35.0 Å². The minimum atomic E-state index is -0.232. The standard InChI is InChI=1S/C14H14N6O/c1-8-5-17-10(6-16-8)7-18-14-19-12-3-2-9(15)4-11(12)13(21)20-14/h2-6H,7,15H2,1H3,(H2,18,19,20,21). The summed E-state index contributed by atoms with van der Waals surface area (Å²) in [7, 11) is 0. The zero-order valence-electron chi connectivity index (χ0n) is 11.4. The number of hydrogen-bond acceptors (Lipinski definition) is 6. The molecular weight excluding hydrogens is 268 g/mol. The first-order valence-electron chi connectivity index (χ1n) is 6.43. The number of aromatic amines is 1. The van der Waals surface area contributed by atoms with Crippen LogP contribution in [0.3, 0.4) is 0 Å². The Morgan fingerprint density at radius 3 is 2.90 bits per heavy atom. The van der Waals surface area contributed by atoms with Gasteiger partial charge >= 0.3 is 0 Å². The third-order valence-electron chi connectivity index (χ3n) is 3.00. The van der Waals surface area contributed by atoms with Crippen molar-refractivity contribution >= 4 is 22.5 Å². The number of nitrogen functional groups attached to an aromatic ring is 1. The van der Waals surface area contributed by atoms with Crippen LogP contribution in [-0.4, -0.2) is 19.9 Å². The van der Waals surface area contributed by atoms with E-state index in [0.717, 1.165) is 11.4 Å². The molecule has 0 spiro atoms. The number of anilines is 2. The van der Waals surface area contributed by atoms with Crippen molar-refractivity contribution in [2.45, 2.75) is 13.5 Å². The van der Waals surface area contributed by atoms with Gasteiger partial charge in [-0.05, 0) is 25.1 Å². The van der Waals surface area contributed by atoms with Gasteiger partial charge in [0.2, 0.25) is 5.95 Å². The van der Waals surface area contributed by atoms with Crippen LogP contribution < -0.4 is 16.6 Å². The topological polar surface area (TPSA) is 110 Å². The number of rotatable bonds is 3. The van der Waals surface area contributed by atoms with Gasteiger partial charge in [-0.15, -0.1) is 0 Å². The molecule has 7 nitrogen and oxygen atoms in total. The summed E-state index contributed by atoms with van der Waals surface area (Å²) in [5, 5.41) is 3.50. The number of fused-ring (bicyclic) bond motifs is 1. The number of aromatic nitrogens is 4. The second kappa shape index (κ2) is 5.20. The Kier molecular flexibility index (Phi) is 3.23. The zero-order chi connectivity index (χ0) is 14.8. The van der Waals surface area contributed by atoms with Crippen molar-refractivity contribution in [3.8, 4) is 0 Å². The van der Waals surface area contributed by atoms with Gasteiger partial charge < -0.3 is 11.1 Å². The van der Waals surface area contributed by atoms with Crippen molar-refractivity contribution in [1.29, 1.82) is 0 Å². The van der Waals surface area contributed by atoms with Crippen molar-refractivity contribution in [3.05, 3.63) is 52.3 Å². The van der Waals surface area contributed by atoms with Crippen LogP contribution in [0, 0.1) is 6.92 Å². The molecule has 0 fully saturated rings. The quantitative estimate of drug-likeness (QED) is 0.623. The van der Waals surface area contributed by atoms with Crippen LogP contribution in [0.15, 0.2) is 35.4 Å². The maximum absolute atomic E-state index is 12.0. The molecule has 0 atom stereocenters. The molecular formula is C14H14N6O. The summed E-state index contributed by atoms with van der Waals surface area (Å²) in [6.45, 7) is 2.30. The number of nitrogens with one attached hydrogen (secondary N) is 2. The van der Waals surface area contributed by atoms with Gasteiger partial charge in [0.25, 0.3) is 5.56 Å². The lowest BCUT2D eigenvalue weighted by Crippen LogP contribution is -2.14. The van der Waals surface area contributed by atoms with Crippen LogP contribution in [0.5, 0.6) is 0 Å². The summed E-state index contributed by atoms with van der Waals surface area (Å²) in [6.07, 6.45) is 3.37. The van der Waals surface area contributed by atoms with Gasteiger partial charge in [0.15, 0.2) is 0 Å². The maximum atomic E-state index is 12.0.